The molecule has 0 bridgehead atoms. The van der Waals surface area contributed by atoms with Gasteiger partial charge in [-0.2, -0.15) is 0 Å². The monoisotopic (exact) mass is 210 g/mol. The molecular weight excluding hydrogens is 184 g/mol. The fourth-order valence-electron chi connectivity index (χ4n) is 2.97. The largest absolute Gasteiger partial charge is 0.313 e. The molecule has 0 aromatic carbocycles. The van der Waals surface area contributed by atoms with Crippen molar-refractivity contribution in [2.45, 2.75) is 64.0 Å². The molecule has 88 valence electrons. The van der Waals surface area contributed by atoms with Crippen molar-refractivity contribution in [1.82, 2.24) is 10.2 Å². The molecule has 0 aromatic heterocycles. The summed E-state index contributed by atoms with van der Waals surface area (Å²) < 4.78 is 0. The topological polar surface area (TPSA) is 15.3 Å². The maximum atomic E-state index is 3.71. The van der Waals surface area contributed by atoms with Gasteiger partial charge in [-0.15, -0.1) is 0 Å². The average Bonchev–Trinajstić information content (AvgIpc) is 2.50. The van der Waals surface area contributed by atoms with Crippen LogP contribution in [-0.2, 0) is 0 Å². The number of hydrogen-bond acceptors (Lipinski definition) is 2. The van der Waals surface area contributed by atoms with Gasteiger partial charge in [-0.1, -0.05) is 19.3 Å². The van der Waals surface area contributed by atoms with E-state index in [0.29, 0.717) is 0 Å². The zero-order valence-electron chi connectivity index (χ0n) is 10.2. The third-order valence-electron chi connectivity index (χ3n) is 4.06. The summed E-state index contributed by atoms with van der Waals surface area (Å²) in [6.45, 7) is 6.27. The number of piperidine rings is 1. The molecule has 0 spiro atoms. The van der Waals surface area contributed by atoms with E-state index in [9.17, 15) is 0 Å². The van der Waals surface area contributed by atoms with Gasteiger partial charge >= 0.3 is 0 Å². The summed E-state index contributed by atoms with van der Waals surface area (Å²) in [6.07, 6.45) is 9.90. The molecule has 0 radical (unpaired) electrons. The Morgan fingerprint density at radius 2 is 1.93 bits per heavy atom. The molecule has 0 aromatic rings. The molecule has 1 N–H and O–H groups in total. The van der Waals surface area contributed by atoms with Gasteiger partial charge in [0.05, 0.1) is 0 Å². The van der Waals surface area contributed by atoms with Gasteiger partial charge in [0.15, 0.2) is 0 Å². The first-order chi connectivity index (χ1) is 7.36. The Morgan fingerprint density at radius 3 is 2.80 bits per heavy atom. The van der Waals surface area contributed by atoms with E-state index in [4.69, 9.17) is 0 Å². The van der Waals surface area contributed by atoms with E-state index in [1.807, 2.05) is 0 Å². The van der Waals surface area contributed by atoms with Crippen molar-refractivity contribution in [1.29, 1.82) is 0 Å². The first-order valence-electron chi connectivity index (χ1n) is 6.83. The SMILES string of the molecule is C[C@@H]1CCCCN1C[C@H]1CCCCCN1. The summed E-state index contributed by atoms with van der Waals surface area (Å²) in [5.74, 6) is 0. The third-order valence-corrected chi connectivity index (χ3v) is 4.06. The first kappa shape index (κ1) is 11.4. The highest BCUT2D eigenvalue weighted by atomic mass is 15.2. The number of hydrogen-bond donors (Lipinski definition) is 1. The number of nitrogens with one attached hydrogen (secondary N) is 1. The molecule has 2 heterocycles. The predicted molar refractivity (Wildman–Crippen MR) is 65.1 cm³/mol. The lowest BCUT2D eigenvalue weighted by Gasteiger charge is -2.36. The normalized spacial score (nSPS) is 35.0. The molecule has 0 unspecified atom stereocenters. The van der Waals surface area contributed by atoms with E-state index in [0.717, 1.165) is 12.1 Å². The van der Waals surface area contributed by atoms with Gasteiger partial charge in [0, 0.05) is 18.6 Å². The Bertz CT molecular complexity index is 173. The van der Waals surface area contributed by atoms with Crippen molar-refractivity contribution in [2.24, 2.45) is 0 Å². The molecule has 2 aliphatic rings. The van der Waals surface area contributed by atoms with Crippen LogP contribution in [0.25, 0.3) is 0 Å². The van der Waals surface area contributed by atoms with E-state index >= 15 is 0 Å². The third kappa shape index (κ3) is 3.46. The fraction of sp³-hybridized carbons (Fsp3) is 1.00. The molecule has 2 heteroatoms. The van der Waals surface area contributed by atoms with E-state index in [1.54, 1.807) is 0 Å². The Hall–Kier alpha value is -0.0800. The van der Waals surface area contributed by atoms with Crippen molar-refractivity contribution in [3.8, 4) is 0 Å². The van der Waals surface area contributed by atoms with Crippen molar-refractivity contribution in [3.05, 3.63) is 0 Å². The molecule has 2 rings (SSSR count). The van der Waals surface area contributed by atoms with Gasteiger partial charge < -0.3 is 5.32 Å². The summed E-state index contributed by atoms with van der Waals surface area (Å²) in [7, 11) is 0. The van der Waals surface area contributed by atoms with Crippen LogP contribution in [0, 0.1) is 0 Å². The Balaban J connectivity index is 1.78. The van der Waals surface area contributed by atoms with Crippen LogP contribution < -0.4 is 5.32 Å². The zero-order chi connectivity index (χ0) is 10.5. The fourth-order valence-corrected chi connectivity index (χ4v) is 2.97. The van der Waals surface area contributed by atoms with Gasteiger partial charge in [0.25, 0.3) is 0 Å². The van der Waals surface area contributed by atoms with Crippen LogP contribution in [0.4, 0.5) is 0 Å². The van der Waals surface area contributed by atoms with Gasteiger partial charge in [0.1, 0.15) is 0 Å². The molecule has 2 atom stereocenters. The van der Waals surface area contributed by atoms with E-state index in [2.05, 4.69) is 17.1 Å². The van der Waals surface area contributed by atoms with Crippen LogP contribution in [0.5, 0.6) is 0 Å². The first-order valence-corrected chi connectivity index (χ1v) is 6.83. The van der Waals surface area contributed by atoms with Crippen molar-refractivity contribution >= 4 is 0 Å². The summed E-state index contributed by atoms with van der Waals surface area (Å²) in [6, 6.07) is 1.59. The number of nitrogens with zero attached hydrogens (tertiary/aromatic N) is 1. The van der Waals surface area contributed by atoms with E-state index in [-0.39, 0.29) is 0 Å². The second-order valence-corrected chi connectivity index (χ2v) is 5.34. The van der Waals surface area contributed by atoms with E-state index in [1.165, 1.54) is 64.6 Å². The van der Waals surface area contributed by atoms with Crippen LogP contribution in [0.1, 0.15) is 51.9 Å². The highest BCUT2D eigenvalue weighted by Crippen LogP contribution is 2.18. The van der Waals surface area contributed by atoms with E-state index < -0.39 is 0 Å². The van der Waals surface area contributed by atoms with Gasteiger partial charge in [-0.3, -0.25) is 4.90 Å². The van der Waals surface area contributed by atoms with Crippen molar-refractivity contribution in [3.63, 3.8) is 0 Å². The minimum absolute atomic E-state index is 0.771. The summed E-state index contributed by atoms with van der Waals surface area (Å²) in [5, 5.41) is 3.71. The van der Waals surface area contributed by atoms with Crippen LogP contribution in [-0.4, -0.2) is 36.6 Å². The average molecular weight is 210 g/mol. The number of rotatable bonds is 2. The Kier molecular flexibility index (Phi) is 4.45. The van der Waals surface area contributed by atoms with Gasteiger partial charge in [0.2, 0.25) is 0 Å². The van der Waals surface area contributed by atoms with Gasteiger partial charge in [-0.25, -0.2) is 0 Å². The molecule has 0 saturated carbocycles. The van der Waals surface area contributed by atoms with Gasteiger partial charge in [-0.05, 0) is 45.7 Å². The minimum atomic E-state index is 0.771. The lowest BCUT2D eigenvalue weighted by atomic mass is 10.0. The van der Waals surface area contributed by atoms with Crippen LogP contribution >= 0.6 is 0 Å². The minimum Gasteiger partial charge on any atom is -0.313 e. The summed E-state index contributed by atoms with van der Waals surface area (Å²) in [5.41, 5.74) is 0. The molecule has 2 saturated heterocycles. The Morgan fingerprint density at radius 1 is 1.07 bits per heavy atom. The molecule has 2 aliphatic heterocycles. The predicted octanol–water partition coefficient (Wildman–Crippen LogP) is 2.39. The smallest absolute Gasteiger partial charge is 0.0195 e. The summed E-state index contributed by atoms with van der Waals surface area (Å²) in [4.78, 5) is 2.70. The highest BCUT2D eigenvalue weighted by Gasteiger charge is 2.21. The Labute approximate surface area is 94.4 Å². The lowest BCUT2D eigenvalue weighted by Crippen LogP contribution is -2.46. The molecular formula is C13H26N2. The zero-order valence-corrected chi connectivity index (χ0v) is 10.2. The second kappa shape index (κ2) is 5.86. The molecule has 15 heavy (non-hydrogen) atoms. The standard InChI is InChI=1S/C13H26N2/c1-12-7-4-6-10-15(12)11-13-8-3-2-5-9-14-13/h12-14H,2-11H2,1H3/t12-,13-/m1/s1. The maximum Gasteiger partial charge on any atom is 0.0195 e. The molecule has 2 fully saturated rings. The van der Waals surface area contributed by atoms with Crippen LogP contribution in [0.15, 0.2) is 0 Å². The maximum absolute atomic E-state index is 3.71. The molecule has 0 aliphatic carbocycles. The number of likely N-dealkylation sites (tertiary alicyclic amines) is 1. The molecule has 2 nitrogen and oxygen atoms in total. The highest BCUT2D eigenvalue weighted by molar-refractivity contribution is 4.80. The van der Waals surface area contributed by atoms with Crippen molar-refractivity contribution in [2.75, 3.05) is 19.6 Å². The van der Waals surface area contributed by atoms with Crippen LogP contribution in [0.2, 0.25) is 0 Å². The summed E-state index contributed by atoms with van der Waals surface area (Å²) >= 11 is 0. The van der Waals surface area contributed by atoms with Crippen LogP contribution in [0.3, 0.4) is 0 Å². The van der Waals surface area contributed by atoms with Crippen molar-refractivity contribution < 1.29 is 0 Å². The molecule has 0 amide bonds. The second-order valence-electron chi connectivity index (χ2n) is 5.34. The quantitative estimate of drug-likeness (QED) is 0.753. The lowest BCUT2D eigenvalue weighted by molar-refractivity contribution is 0.143.